The highest BCUT2D eigenvalue weighted by Gasteiger charge is 2.07. The molecule has 0 spiro atoms. The maximum Gasteiger partial charge on any atom is 0.296 e. The number of hydrogen-bond donors (Lipinski definition) is 3. The summed E-state index contributed by atoms with van der Waals surface area (Å²) in [5.74, 6) is 0.577. The zero-order valence-corrected chi connectivity index (χ0v) is 12.4. The fraction of sp³-hybridized carbons (Fsp3) is 0.0769. The van der Waals surface area contributed by atoms with E-state index in [-0.39, 0.29) is 11.6 Å². The summed E-state index contributed by atoms with van der Waals surface area (Å²) in [6.07, 6.45) is 1.46. The molecule has 0 bridgehead atoms. The van der Waals surface area contributed by atoms with Crippen LogP contribution in [0.4, 0.5) is 5.69 Å². The van der Waals surface area contributed by atoms with Gasteiger partial charge in [0.2, 0.25) is 0 Å². The molecule has 1 amide bonds. The number of nitrogens with zero attached hydrogens (tertiary/aromatic N) is 1. The van der Waals surface area contributed by atoms with Crippen molar-refractivity contribution in [3.05, 3.63) is 48.3 Å². The molecule has 0 atom stereocenters. The number of hydrogen-bond acceptors (Lipinski definition) is 5. The van der Waals surface area contributed by atoms with Gasteiger partial charge in [-0.15, -0.1) is 0 Å². The predicted octanol–water partition coefficient (Wildman–Crippen LogP) is 0.849. The standard InChI is InChI=1S/C13H14N4O4S/c1-15-13(18)12-8-11(6-7-16-12)21-10-4-2-9(3-5-10)17-22(14,19)20/h2-8,17H,1H3,(H,15,18)(H2,14,19,20). The molecule has 0 aliphatic rings. The second-order valence-electron chi connectivity index (χ2n) is 4.23. The average Bonchev–Trinajstić information content (AvgIpc) is 2.47. The molecule has 0 aliphatic heterocycles. The van der Waals surface area contributed by atoms with Gasteiger partial charge in [0.05, 0.1) is 0 Å². The van der Waals surface area contributed by atoms with Crippen LogP contribution in [0.1, 0.15) is 10.5 Å². The molecule has 8 nitrogen and oxygen atoms in total. The molecule has 1 heterocycles. The van der Waals surface area contributed by atoms with E-state index in [1.165, 1.54) is 31.4 Å². The van der Waals surface area contributed by atoms with Crippen LogP contribution in [0.15, 0.2) is 42.6 Å². The molecular formula is C13H14N4O4S. The maximum absolute atomic E-state index is 11.5. The normalized spacial score (nSPS) is 10.8. The SMILES string of the molecule is CNC(=O)c1cc(Oc2ccc(NS(N)(=O)=O)cc2)ccn1. The van der Waals surface area contributed by atoms with E-state index in [4.69, 9.17) is 9.88 Å². The number of nitrogens with one attached hydrogen (secondary N) is 2. The van der Waals surface area contributed by atoms with Gasteiger partial charge in [0, 0.05) is 25.0 Å². The second kappa shape index (κ2) is 6.41. The van der Waals surface area contributed by atoms with Crippen LogP contribution in [0.3, 0.4) is 0 Å². The summed E-state index contributed by atoms with van der Waals surface area (Å²) in [5, 5.41) is 7.34. The fourth-order valence-electron chi connectivity index (χ4n) is 1.62. The molecule has 1 aromatic heterocycles. The molecule has 116 valence electrons. The molecule has 2 aromatic rings. The number of aromatic nitrogens is 1. The Morgan fingerprint density at radius 3 is 2.45 bits per heavy atom. The van der Waals surface area contributed by atoms with Crippen molar-refractivity contribution in [2.24, 2.45) is 5.14 Å². The Kier molecular flexibility index (Phi) is 4.59. The highest BCUT2D eigenvalue weighted by molar-refractivity contribution is 7.90. The minimum absolute atomic E-state index is 0.229. The van der Waals surface area contributed by atoms with Crippen molar-refractivity contribution in [3.63, 3.8) is 0 Å². The Bertz CT molecular complexity index is 775. The van der Waals surface area contributed by atoms with E-state index in [0.717, 1.165) is 0 Å². The van der Waals surface area contributed by atoms with E-state index in [2.05, 4.69) is 15.0 Å². The van der Waals surface area contributed by atoms with Gasteiger partial charge < -0.3 is 10.1 Å². The molecule has 0 radical (unpaired) electrons. The van der Waals surface area contributed by atoms with Crippen molar-refractivity contribution < 1.29 is 17.9 Å². The number of amides is 1. The second-order valence-corrected chi connectivity index (χ2v) is 5.52. The number of nitrogens with two attached hydrogens (primary N) is 1. The first-order chi connectivity index (χ1) is 10.4. The lowest BCUT2D eigenvalue weighted by molar-refractivity contribution is 0.0958. The van der Waals surface area contributed by atoms with Gasteiger partial charge in [0.15, 0.2) is 0 Å². The largest absolute Gasteiger partial charge is 0.457 e. The van der Waals surface area contributed by atoms with Gasteiger partial charge in [0.25, 0.3) is 16.1 Å². The van der Waals surface area contributed by atoms with Crippen LogP contribution in [-0.4, -0.2) is 26.4 Å². The van der Waals surface area contributed by atoms with Crippen molar-refractivity contribution in [2.45, 2.75) is 0 Å². The fourth-order valence-corrected chi connectivity index (χ4v) is 2.08. The topological polar surface area (TPSA) is 123 Å². The minimum Gasteiger partial charge on any atom is -0.457 e. The van der Waals surface area contributed by atoms with Gasteiger partial charge in [-0.1, -0.05) is 0 Å². The Morgan fingerprint density at radius 1 is 1.18 bits per heavy atom. The van der Waals surface area contributed by atoms with Crippen molar-refractivity contribution >= 4 is 21.8 Å². The number of carbonyl (C=O) groups is 1. The van der Waals surface area contributed by atoms with Crippen LogP contribution in [0, 0.1) is 0 Å². The lowest BCUT2D eigenvalue weighted by atomic mass is 10.3. The number of ether oxygens (including phenoxy) is 1. The maximum atomic E-state index is 11.5. The quantitative estimate of drug-likeness (QED) is 0.753. The Labute approximate surface area is 127 Å². The molecule has 0 saturated heterocycles. The molecule has 0 unspecified atom stereocenters. The zero-order chi connectivity index (χ0) is 16.2. The van der Waals surface area contributed by atoms with Crippen LogP contribution < -0.4 is 19.9 Å². The van der Waals surface area contributed by atoms with E-state index in [0.29, 0.717) is 17.2 Å². The molecule has 2 rings (SSSR count). The molecule has 0 fully saturated rings. The third kappa shape index (κ3) is 4.43. The van der Waals surface area contributed by atoms with E-state index < -0.39 is 10.2 Å². The smallest absolute Gasteiger partial charge is 0.296 e. The summed E-state index contributed by atoms with van der Waals surface area (Å²) in [6, 6.07) is 9.22. The summed E-state index contributed by atoms with van der Waals surface area (Å²) >= 11 is 0. The zero-order valence-electron chi connectivity index (χ0n) is 11.6. The van der Waals surface area contributed by atoms with E-state index in [1.807, 2.05) is 0 Å². The first-order valence-corrected chi connectivity index (χ1v) is 7.68. The van der Waals surface area contributed by atoms with Gasteiger partial charge in [0.1, 0.15) is 17.2 Å². The van der Waals surface area contributed by atoms with Crippen molar-refractivity contribution in [1.29, 1.82) is 0 Å². The molecule has 22 heavy (non-hydrogen) atoms. The third-order valence-corrected chi connectivity index (χ3v) is 3.06. The monoisotopic (exact) mass is 322 g/mol. The van der Waals surface area contributed by atoms with Crippen LogP contribution in [0.2, 0.25) is 0 Å². The number of rotatable bonds is 5. The first kappa shape index (κ1) is 15.7. The summed E-state index contributed by atoms with van der Waals surface area (Å²) in [4.78, 5) is 15.4. The van der Waals surface area contributed by atoms with E-state index in [9.17, 15) is 13.2 Å². The van der Waals surface area contributed by atoms with Gasteiger partial charge >= 0.3 is 0 Å². The summed E-state index contributed by atoms with van der Waals surface area (Å²) in [7, 11) is -2.30. The lowest BCUT2D eigenvalue weighted by Gasteiger charge is -2.08. The average molecular weight is 322 g/mol. The van der Waals surface area contributed by atoms with Gasteiger partial charge in [-0.05, 0) is 30.3 Å². The number of anilines is 1. The lowest BCUT2D eigenvalue weighted by Crippen LogP contribution is -2.21. The van der Waals surface area contributed by atoms with Crippen molar-refractivity contribution in [1.82, 2.24) is 10.3 Å². The van der Waals surface area contributed by atoms with Crippen molar-refractivity contribution in [2.75, 3.05) is 11.8 Å². The van der Waals surface area contributed by atoms with Gasteiger partial charge in [-0.3, -0.25) is 14.5 Å². The van der Waals surface area contributed by atoms with Gasteiger partial charge in [-0.2, -0.15) is 8.42 Å². The van der Waals surface area contributed by atoms with Crippen LogP contribution in [-0.2, 0) is 10.2 Å². The highest BCUT2D eigenvalue weighted by atomic mass is 32.2. The predicted molar refractivity (Wildman–Crippen MR) is 80.9 cm³/mol. The van der Waals surface area contributed by atoms with E-state index >= 15 is 0 Å². The van der Waals surface area contributed by atoms with Crippen molar-refractivity contribution in [3.8, 4) is 11.5 Å². The molecule has 1 aromatic carbocycles. The molecule has 4 N–H and O–H groups in total. The highest BCUT2D eigenvalue weighted by Crippen LogP contribution is 2.23. The Hall–Kier alpha value is -2.65. The van der Waals surface area contributed by atoms with Gasteiger partial charge in [-0.25, -0.2) is 5.14 Å². The Morgan fingerprint density at radius 2 is 1.86 bits per heavy atom. The molecule has 0 aliphatic carbocycles. The summed E-state index contributed by atoms with van der Waals surface area (Å²) in [5.41, 5.74) is 0.545. The number of benzene rings is 1. The van der Waals surface area contributed by atoms with Crippen LogP contribution in [0.25, 0.3) is 0 Å². The molecule has 0 saturated carbocycles. The molecular weight excluding hydrogens is 308 g/mol. The van der Waals surface area contributed by atoms with Crippen LogP contribution in [0.5, 0.6) is 11.5 Å². The minimum atomic E-state index is -3.81. The number of carbonyl (C=O) groups excluding carboxylic acids is 1. The Balaban J connectivity index is 2.12. The first-order valence-electron chi connectivity index (χ1n) is 6.14. The molecule has 9 heteroatoms. The third-order valence-electron chi connectivity index (χ3n) is 2.54. The van der Waals surface area contributed by atoms with Crippen LogP contribution >= 0.6 is 0 Å². The summed E-state index contributed by atoms with van der Waals surface area (Å²) < 4.78 is 29.5. The van der Waals surface area contributed by atoms with E-state index in [1.54, 1.807) is 18.2 Å². The number of pyridine rings is 1. The summed E-state index contributed by atoms with van der Waals surface area (Å²) in [6.45, 7) is 0.